The van der Waals surface area contributed by atoms with Gasteiger partial charge in [-0.15, -0.1) is 0 Å². The lowest BCUT2D eigenvalue weighted by Crippen LogP contribution is -2.57. The highest BCUT2D eigenvalue weighted by Crippen LogP contribution is 2.63. The van der Waals surface area contributed by atoms with Crippen LogP contribution in [0.3, 0.4) is 0 Å². The molecule has 0 bridgehead atoms. The van der Waals surface area contributed by atoms with Crippen molar-refractivity contribution in [3.05, 3.63) is 48.0 Å². The fourth-order valence-corrected chi connectivity index (χ4v) is 4.51. The van der Waals surface area contributed by atoms with Gasteiger partial charge in [-0.05, 0) is 62.3 Å². The summed E-state index contributed by atoms with van der Waals surface area (Å²) in [7, 11) is 0. The Morgan fingerprint density at radius 1 is 1.08 bits per heavy atom. The Hall–Kier alpha value is -1.65. The number of aromatic amines is 2. The van der Waals surface area contributed by atoms with E-state index < -0.39 is 17.0 Å². The number of H-pyrrole nitrogens is 2. The smallest absolute Gasteiger partial charge is 0.364 e. The third-order valence-electron chi connectivity index (χ3n) is 6.21. The lowest BCUT2D eigenvalue weighted by atomic mass is 9.50. The molecule has 3 rings (SSSR count). The average molecular weight is 338 g/mol. The van der Waals surface area contributed by atoms with Crippen LogP contribution in [0.1, 0.15) is 51.4 Å². The first-order chi connectivity index (χ1) is 11.2. The van der Waals surface area contributed by atoms with Gasteiger partial charge >= 0.3 is 6.18 Å². The second-order valence-electron chi connectivity index (χ2n) is 7.65. The van der Waals surface area contributed by atoms with Crippen molar-refractivity contribution in [1.82, 2.24) is 9.97 Å². The number of aromatic nitrogens is 2. The van der Waals surface area contributed by atoms with Crippen LogP contribution in [0, 0.1) is 17.3 Å². The van der Waals surface area contributed by atoms with Gasteiger partial charge in [0.05, 0.1) is 10.8 Å². The van der Waals surface area contributed by atoms with Gasteiger partial charge in [0.2, 0.25) is 0 Å². The molecule has 1 saturated carbocycles. The normalized spacial score (nSPS) is 27.5. The molecule has 0 amide bonds. The van der Waals surface area contributed by atoms with E-state index in [2.05, 4.69) is 23.8 Å². The summed E-state index contributed by atoms with van der Waals surface area (Å²) in [4.78, 5) is 6.21. The molecule has 2 aromatic rings. The van der Waals surface area contributed by atoms with Crippen molar-refractivity contribution in [2.75, 3.05) is 0 Å². The van der Waals surface area contributed by atoms with E-state index in [1.165, 1.54) is 6.92 Å². The Morgan fingerprint density at radius 3 is 2.00 bits per heavy atom. The molecular formula is C19H25F3N2. The number of rotatable bonds is 3. The monoisotopic (exact) mass is 338 g/mol. The third-order valence-corrected chi connectivity index (χ3v) is 6.21. The Morgan fingerprint density at radius 2 is 1.62 bits per heavy atom. The van der Waals surface area contributed by atoms with Crippen LogP contribution in [0.25, 0.3) is 0 Å². The highest BCUT2D eigenvalue weighted by molar-refractivity contribution is 5.38. The predicted molar refractivity (Wildman–Crippen MR) is 88.7 cm³/mol. The summed E-state index contributed by atoms with van der Waals surface area (Å²) in [6, 6.07) is 7.17. The van der Waals surface area contributed by atoms with Gasteiger partial charge in [-0.3, -0.25) is 0 Å². The highest BCUT2D eigenvalue weighted by Gasteiger charge is 2.67. The summed E-state index contributed by atoms with van der Waals surface area (Å²) in [5.41, 5.74) is -1.64. The minimum atomic E-state index is -4.29. The number of alkyl halides is 3. The Balaban J connectivity index is 2.27. The Bertz CT molecular complexity index is 621. The standard InChI is InChI=1S/C19H25F3N2/c1-13(2)14-8-9-17(3,19(20,21)22)18(12-14,15-6-4-10-23-15)16-7-5-11-24-16/h4-7,10-11,13-14,23-24H,8-9,12H2,1-3H3. The molecule has 2 nitrogen and oxygen atoms in total. The van der Waals surface area contributed by atoms with Crippen LogP contribution in [0.5, 0.6) is 0 Å². The van der Waals surface area contributed by atoms with Crippen LogP contribution in [0.15, 0.2) is 36.7 Å². The van der Waals surface area contributed by atoms with Gasteiger partial charge < -0.3 is 9.97 Å². The van der Waals surface area contributed by atoms with Crippen molar-refractivity contribution in [2.45, 2.75) is 51.6 Å². The van der Waals surface area contributed by atoms with Crippen LogP contribution in [0.4, 0.5) is 13.2 Å². The van der Waals surface area contributed by atoms with Gasteiger partial charge in [0.15, 0.2) is 0 Å². The van der Waals surface area contributed by atoms with Gasteiger partial charge in [-0.1, -0.05) is 13.8 Å². The zero-order valence-corrected chi connectivity index (χ0v) is 14.4. The molecule has 2 atom stereocenters. The van der Waals surface area contributed by atoms with Crippen LogP contribution >= 0.6 is 0 Å². The van der Waals surface area contributed by atoms with E-state index in [9.17, 15) is 13.2 Å². The minimum Gasteiger partial charge on any atom is -0.364 e. The van der Waals surface area contributed by atoms with E-state index >= 15 is 0 Å². The van der Waals surface area contributed by atoms with Crippen molar-refractivity contribution in [2.24, 2.45) is 17.3 Å². The van der Waals surface area contributed by atoms with E-state index in [0.717, 1.165) is 0 Å². The lowest BCUT2D eigenvalue weighted by molar-refractivity contribution is -0.252. The third kappa shape index (κ3) is 2.32. The van der Waals surface area contributed by atoms with Crippen LogP contribution in [-0.2, 0) is 5.41 Å². The van der Waals surface area contributed by atoms with Crippen LogP contribution in [0.2, 0.25) is 0 Å². The number of halogens is 3. The van der Waals surface area contributed by atoms with Crippen molar-refractivity contribution in [3.8, 4) is 0 Å². The molecule has 132 valence electrons. The minimum absolute atomic E-state index is 0.136. The molecule has 1 fully saturated rings. The molecule has 2 unspecified atom stereocenters. The quantitative estimate of drug-likeness (QED) is 0.724. The number of hydrogen-bond acceptors (Lipinski definition) is 0. The van der Waals surface area contributed by atoms with Gasteiger partial charge in [0.25, 0.3) is 0 Å². The zero-order valence-electron chi connectivity index (χ0n) is 14.4. The molecule has 2 aromatic heterocycles. The first kappa shape index (κ1) is 17.2. The zero-order chi connectivity index (χ0) is 17.6. The molecule has 0 aliphatic heterocycles. The second kappa shape index (κ2) is 5.71. The van der Waals surface area contributed by atoms with Crippen LogP contribution < -0.4 is 0 Å². The van der Waals surface area contributed by atoms with E-state index in [-0.39, 0.29) is 12.3 Å². The van der Waals surface area contributed by atoms with E-state index in [1.54, 1.807) is 36.7 Å². The first-order valence-corrected chi connectivity index (χ1v) is 8.57. The number of nitrogens with one attached hydrogen (secondary N) is 2. The van der Waals surface area contributed by atoms with Gasteiger partial charge in [-0.2, -0.15) is 13.2 Å². The molecule has 2 heterocycles. The average Bonchev–Trinajstić information content (AvgIpc) is 3.20. The van der Waals surface area contributed by atoms with Crippen molar-refractivity contribution in [3.63, 3.8) is 0 Å². The summed E-state index contributed by atoms with van der Waals surface area (Å²) in [5.74, 6) is 0.610. The largest absolute Gasteiger partial charge is 0.395 e. The molecule has 0 aromatic carbocycles. The molecule has 0 saturated heterocycles. The molecule has 1 aliphatic carbocycles. The summed E-state index contributed by atoms with van der Waals surface area (Å²) in [6.45, 7) is 5.61. The maximum Gasteiger partial charge on any atom is 0.395 e. The van der Waals surface area contributed by atoms with Crippen molar-refractivity contribution in [1.29, 1.82) is 0 Å². The fraction of sp³-hybridized carbons (Fsp3) is 0.579. The Kier molecular flexibility index (Phi) is 4.09. The van der Waals surface area contributed by atoms with Crippen LogP contribution in [-0.4, -0.2) is 16.1 Å². The van der Waals surface area contributed by atoms with Gasteiger partial charge in [0.1, 0.15) is 0 Å². The maximum atomic E-state index is 14.3. The summed E-state index contributed by atoms with van der Waals surface area (Å²) in [5, 5.41) is 0. The highest BCUT2D eigenvalue weighted by atomic mass is 19.4. The van der Waals surface area contributed by atoms with E-state index in [1.807, 2.05) is 0 Å². The van der Waals surface area contributed by atoms with E-state index in [0.29, 0.717) is 30.1 Å². The molecule has 0 spiro atoms. The van der Waals surface area contributed by atoms with Crippen molar-refractivity contribution < 1.29 is 13.2 Å². The molecule has 24 heavy (non-hydrogen) atoms. The van der Waals surface area contributed by atoms with Crippen molar-refractivity contribution >= 4 is 0 Å². The summed E-state index contributed by atoms with van der Waals surface area (Å²) >= 11 is 0. The molecular weight excluding hydrogens is 313 g/mol. The lowest BCUT2D eigenvalue weighted by Gasteiger charge is -2.54. The predicted octanol–water partition coefficient (Wildman–Crippen LogP) is 5.65. The second-order valence-corrected chi connectivity index (χ2v) is 7.65. The first-order valence-electron chi connectivity index (χ1n) is 8.57. The van der Waals surface area contributed by atoms with Gasteiger partial charge in [0, 0.05) is 23.8 Å². The maximum absolute atomic E-state index is 14.3. The molecule has 5 heteroatoms. The van der Waals surface area contributed by atoms with Gasteiger partial charge in [-0.25, -0.2) is 0 Å². The molecule has 0 radical (unpaired) electrons. The molecule has 2 N–H and O–H groups in total. The summed E-state index contributed by atoms with van der Waals surface area (Å²) in [6.07, 6.45) is 0.382. The Labute approximate surface area is 140 Å². The molecule has 1 aliphatic rings. The number of hydrogen-bond donors (Lipinski definition) is 2. The topological polar surface area (TPSA) is 31.6 Å². The fourth-order valence-electron chi connectivity index (χ4n) is 4.51. The summed E-state index contributed by atoms with van der Waals surface area (Å²) < 4.78 is 42.9. The SMILES string of the molecule is CC(C)C1CCC(C)(C(F)(F)F)C(c2ccc[nH]2)(c2ccc[nH]2)C1. The van der Waals surface area contributed by atoms with E-state index in [4.69, 9.17) is 0 Å².